The minimum Gasteiger partial charge on any atom is -0.445 e. The molecular weight excluding hydrogens is 300 g/mol. The lowest BCUT2D eigenvalue weighted by Gasteiger charge is -1.90. The van der Waals surface area contributed by atoms with Gasteiger partial charge in [-0.25, -0.2) is 0 Å². The van der Waals surface area contributed by atoms with Crippen LogP contribution in [0.5, 0.6) is 0 Å². The maximum absolute atomic E-state index is 11.6. The van der Waals surface area contributed by atoms with Crippen LogP contribution in [0, 0.1) is 6.92 Å². The van der Waals surface area contributed by atoms with Gasteiger partial charge in [-0.15, -0.1) is 10.2 Å². The van der Waals surface area contributed by atoms with Crippen LogP contribution in [-0.2, 0) is 0 Å². The van der Waals surface area contributed by atoms with E-state index in [1.807, 2.05) is 6.92 Å². The van der Waals surface area contributed by atoms with Gasteiger partial charge in [0.2, 0.25) is 0 Å². The van der Waals surface area contributed by atoms with E-state index in [9.17, 15) is 4.79 Å². The molecule has 0 atom stereocenters. The predicted octanol–water partition coefficient (Wildman–Crippen LogP) is 3.13. The van der Waals surface area contributed by atoms with E-state index in [1.165, 1.54) is 11.3 Å². The van der Waals surface area contributed by atoms with Crippen molar-refractivity contribution >= 4 is 44.1 Å². The molecule has 4 nitrogen and oxygen atoms in total. The van der Waals surface area contributed by atoms with Gasteiger partial charge >= 0.3 is 0 Å². The van der Waals surface area contributed by atoms with E-state index in [-0.39, 0.29) is 5.12 Å². The summed E-state index contributed by atoms with van der Waals surface area (Å²) in [6.07, 6.45) is 0. The van der Waals surface area contributed by atoms with Crippen LogP contribution in [-0.4, -0.2) is 15.3 Å². The van der Waals surface area contributed by atoms with Crippen LogP contribution < -0.4 is 0 Å². The van der Waals surface area contributed by atoms with Gasteiger partial charge in [0.15, 0.2) is 14.8 Å². The fraction of sp³-hybridized carbons (Fsp3) is 0.125. The van der Waals surface area contributed by atoms with Crippen LogP contribution in [0.4, 0.5) is 0 Å². The number of carbonyl (C=O) groups is 1. The monoisotopic (exact) mass is 304 g/mol. The minimum absolute atomic E-state index is 0.170. The molecule has 0 N–H and O–H groups in total. The zero-order chi connectivity index (χ0) is 10.8. The van der Waals surface area contributed by atoms with Crippen LogP contribution in [0.3, 0.4) is 0 Å². The van der Waals surface area contributed by atoms with E-state index in [2.05, 4.69) is 26.1 Å². The van der Waals surface area contributed by atoms with E-state index in [0.717, 1.165) is 16.8 Å². The van der Waals surface area contributed by atoms with E-state index >= 15 is 0 Å². The van der Waals surface area contributed by atoms with Crippen molar-refractivity contribution in [3.8, 4) is 0 Å². The zero-order valence-electron chi connectivity index (χ0n) is 7.56. The lowest BCUT2D eigenvalue weighted by atomic mass is 10.5. The molecule has 0 bridgehead atoms. The Bertz CT molecular complexity index is 494. The van der Waals surface area contributed by atoms with Crippen LogP contribution in [0.1, 0.15) is 15.6 Å². The second kappa shape index (κ2) is 4.46. The molecule has 0 spiro atoms. The number of furan rings is 1. The molecule has 0 fully saturated rings. The molecule has 0 radical (unpaired) electrons. The van der Waals surface area contributed by atoms with Gasteiger partial charge in [-0.3, -0.25) is 4.79 Å². The number of hydrogen-bond acceptors (Lipinski definition) is 6. The van der Waals surface area contributed by atoms with Gasteiger partial charge in [-0.05, 0) is 46.7 Å². The molecule has 0 aliphatic rings. The number of halogens is 1. The Balaban J connectivity index is 2.10. The maximum atomic E-state index is 11.6. The number of carbonyl (C=O) groups excluding carboxylic acids is 1. The largest absolute Gasteiger partial charge is 0.445 e. The normalized spacial score (nSPS) is 10.5. The van der Waals surface area contributed by atoms with Gasteiger partial charge in [0, 0.05) is 0 Å². The van der Waals surface area contributed by atoms with Crippen molar-refractivity contribution in [3.05, 3.63) is 27.6 Å². The van der Waals surface area contributed by atoms with Gasteiger partial charge in [-0.2, -0.15) is 0 Å². The van der Waals surface area contributed by atoms with Crippen molar-refractivity contribution < 1.29 is 9.21 Å². The van der Waals surface area contributed by atoms with E-state index in [1.54, 1.807) is 12.1 Å². The number of aromatic nitrogens is 2. The van der Waals surface area contributed by atoms with Gasteiger partial charge in [0.25, 0.3) is 5.12 Å². The van der Waals surface area contributed by atoms with E-state index < -0.39 is 0 Å². The second-order valence-corrected chi connectivity index (χ2v) is 5.76. The van der Waals surface area contributed by atoms with Crippen LogP contribution >= 0.6 is 39.0 Å². The number of hydrogen-bond donors (Lipinski definition) is 0. The Morgan fingerprint density at radius 1 is 1.53 bits per heavy atom. The molecule has 7 heteroatoms. The SMILES string of the molecule is Cc1nnc(SC(=O)c2ccc(Br)o2)s1. The van der Waals surface area contributed by atoms with Crippen LogP contribution in [0.15, 0.2) is 25.6 Å². The van der Waals surface area contributed by atoms with Crippen molar-refractivity contribution in [1.29, 1.82) is 0 Å². The second-order valence-electron chi connectivity index (χ2n) is 2.58. The Morgan fingerprint density at radius 2 is 2.33 bits per heavy atom. The molecule has 0 amide bonds. The molecule has 0 saturated carbocycles. The summed E-state index contributed by atoms with van der Waals surface area (Å²) in [6, 6.07) is 3.30. The molecular formula is C8H5BrN2O2S2. The zero-order valence-corrected chi connectivity index (χ0v) is 10.8. The van der Waals surface area contributed by atoms with Crippen molar-refractivity contribution in [3.63, 3.8) is 0 Å². The summed E-state index contributed by atoms with van der Waals surface area (Å²) in [5.41, 5.74) is 0. The van der Waals surface area contributed by atoms with Crippen LogP contribution in [0.25, 0.3) is 0 Å². The Kier molecular flexibility index (Phi) is 3.22. The molecule has 0 saturated heterocycles. The van der Waals surface area contributed by atoms with Crippen molar-refractivity contribution in [2.24, 2.45) is 0 Å². The number of rotatable bonds is 2. The molecule has 2 rings (SSSR count). The van der Waals surface area contributed by atoms with Crippen LogP contribution in [0.2, 0.25) is 0 Å². The highest BCUT2D eigenvalue weighted by atomic mass is 79.9. The van der Waals surface area contributed by atoms with Gasteiger partial charge in [-0.1, -0.05) is 11.3 Å². The molecule has 78 valence electrons. The quantitative estimate of drug-likeness (QED) is 0.798. The lowest BCUT2D eigenvalue weighted by molar-refractivity contribution is 0.106. The molecule has 0 aliphatic carbocycles. The third-order valence-corrected chi connectivity index (χ3v) is 3.66. The predicted molar refractivity (Wildman–Crippen MR) is 61.2 cm³/mol. The fourth-order valence-electron chi connectivity index (χ4n) is 0.873. The topological polar surface area (TPSA) is 56.0 Å². The van der Waals surface area contributed by atoms with Crippen molar-refractivity contribution in [2.75, 3.05) is 0 Å². The highest BCUT2D eigenvalue weighted by Crippen LogP contribution is 2.27. The van der Waals surface area contributed by atoms with Crippen molar-refractivity contribution in [1.82, 2.24) is 10.2 Å². The van der Waals surface area contributed by atoms with Crippen molar-refractivity contribution in [2.45, 2.75) is 11.3 Å². The molecule has 2 aromatic rings. The van der Waals surface area contributed by atoms with Gasteiger partial charge < -0.3 is 4.42 Å². The summed E-state index contributed by atoms with van der Waals surface area (Å²) in [5.74, 6) is 0.305. The Labute approximate surface area is 102 Å². The first kappa shape index (κ1) is 10.8. The molecule has 0 aliphatic heterocycles. The third kappa shape index (κ3) is 2.67. The van der Waals surface area contributed by atoms with Gasteiger partial charge in [0.1, 0.15) is 5.01 Å². The summed E-state index contributed by atoms with van der Waals surface area (Å²) in [7, 11) is 0. The summed E-state index contributed by atoms with van der Waals surface area (Å²) in [5, 5.41) is 8.34. The molecule has 15 heavy (non-hydrogen) atoms. The maximum Gasteiger partial charge on any atom is 0.261 e. The smallest absolute Gasteiger partial charge is 0.261 e. The van der Waals surface area contributed by atoms with E-state index in [0.29, 0.717) is 14.8 Å². The highest BCUT2D eigenvalue weighted by molar-refractivity contribution is 9.10. The first-order valence-corrected chi connectivity index (χ1v) is 6.35. The summed E-state index contributed by atoms with van der Waals surface area (Å²) >= 11 is 5.54. The number of thioether (sulfide) groups is 1. The summed E-state index contributed by atoms with van der Waals surface area (Å²) in [4.78, 5) is 11.6. The molecule has 0 unspecified atom stereocenters. The average molecular weight is 305 g/mol. The fourth-order valence-corrected chi connectivity index (χ4v) is 2.80. The van der Waals surface area contributed by atoms with Gasteiger partial charge in [0.05, 0.1) is 0 Å². The van der Waals surface area contributed by atoms with E-state index in [4.69, 9.17) is 4.42 Å². The molecule has 2 heterocycles. The summed E-state index contributed by atoms with van der Waals surface area (Å²) < 4.78 is 6.30. The first-order chi connectivity index (χ1) is 7.15. The Hall–Kier alpha value is -0.660. The number of aryl methyl sites for hydroxylation is 1. The molecule has 2 aromatic heterocycles. The summed E-state index contributed by atoms with van der Waals surface area (Å²) in [6.45, 7) is 1.84. The minimum atomic E-state index is -0.170. The average Bonchev–Trinajstić information content (AvgIpc) is 2.75. The standard InChI is InChI=1S/C8H5BrN2O2S2/c1-4-10-11-8(14-4)15-7(12)5-2-3-6(9)13-5/h2-3H,1H3. The molecule has 0 aromatic carbocycles. The third-order valence-electron chi connectivity index (χ3n) is 1.46. The number of nitrogens with zero attached hydrogens (tertiary/aromatic N) is 2. The Morgan fingerprint density at radius 3 is 2.87 bits per heavy atom. The highest BCUT2D eigenvalue weighted by Gasteiger charge is 2.14. The first-order valence-electron chi connectivity index (χ1n) is 3.93. The lowest BCUT2D eigenvalue weighted by Crippen LogP contribution is -1.89.